The number of ether oxygens (including phenoxy) is 1. The first-order chi connectivity index (χ1) is 13.1. The Hall–Kier alpha value is -2.26. The second kappa shape index (κ2) is 7.63. The molecule has 0 aliphatic carbocycles. The van der Waals surface area contributed by atoms with Crippen LogP contribution in [0.25, 0.3) is 0 Å². The van der Waals surface area contributed by atoms with Crippen molar-refractivity contribution in [2.45, 2.75) is 31.1 Å². The van der Waals surface area contributed by atoms with Crippen molar-refractivity contribution < 1.29 is 26.3 Å². The molecular formula is C19H21F3N2O3S. The van der Waals surface area contributed by atoms with E-state index in [1.807, 2.05) is 32.0 Å². The number of rotatable bonds is 4. The zero-order valence-corrected chi connectivity index (χ0v) is 16.3. The van der Waals surface area contributed by atoms with Crippen LogP contribution in [-0.4, -0.2) is 44.8 Å². The molecular weight excluding hydrogens is 393 g/mol. The first kappa shape index (κ1) is 20.5. The first-order valence-corrected chi connectivity index (χ1v) is 10.2. The van der Waals surface area contributed by atoms with Crippen LogP contribution in [0, 0.1) is 6.92 Å². The fourth-order valence-corrected chi connectivity index (χ4v) is 4.81. The van der Waals surface area contributed by atoms with Crippen molar-refractivity contribution >= 4 is 15.7 Å². The van der Waals surface area contributed by atoms with Gasteiger partial charge in [0.05, 0.1) is 4.90 Å². The molecule has 0 amide bonds. The Bertz CT molecular complexity index is 930. The Morgan fingerprint density at radius 1 is 1.07 bits per heavy atom. The van der Waals surface area contributed by atoms with E-state index in [0.29, 0.717) is 13.1 Å². The van der Waals surface area contributed by atoms with Crippen LogP contribution >= 0.6 is 0 Å². The molecule has 0 saturated carbocycles. The molecule has 1 atom stereocenters. The molecule has 0 spiro atoms. The second-order valence-electron chi connectivity index (χ2n) is 6.76. The maximum atomic E-state index is 12.9. The van der Waals surface area contributed by atoms with Gasteiger partial charge in [0.1, 0.15) is 5.75 Å². The molecule has 0 radical (unpaired) electrons. The van der Waals surface area contributed by atoms with Crippen LogP contribution in [0.15, 0.2) is 53.4 Å². The molecule has 0 N–H and O–H groups in total. The van der Waals surface area contributed by atoms with Gasteiger partial charge in [0.15, 0.2) is 0 Å². The van der Waals surface area contributed by atoms with Gasteiger partial charge in [-0.25, -0.2) is 8.42 Å². The Labute approximate surface area is 162 Å². The van der Waals surface area contributed by atoms with Gasteiger partial charge in [0.25, 0.3) is 0 Å². The third-order valence-electron chi connectivity index (χ3n) is 4.62. The van der Waals surface area contributed by atoms with Gasteiger partial charge in [-0.15, -0.1) is 13.2 Å². The lowest BCUT2D eigenvalue weighted by Crippen LogP contribution is -2.53. The van der Waals surface area contributed by atoms with Gasteiger partial charge in [-0.1, -0.05) is 12.1 Å². The molecule has 0 aromatic heterocycles. The summed E-state index contributed by atoms with van der Waals surface area (Å²) in [5, 5.41) is 0. The predicted molar refractivity (Wildman–Crippen MR) is 99.9 cm³/mol. The molecule has 1 aliphatic heterocycles. The summed E-state index contributed by atoms with van der Waals surface area (Å²) >= 11 is 0. The number of aryl methyl sites for hydroxylation is 1. The third kappa shape index (κ3) is 4.59. The molecule has 3 rings (SSSR count). The maximum absolute atomic E-state index is 12.9. The van der Waals surface area contributed by atoms with Crippen molar-refractivity contribution in [1.29, 1.82) is 0 Å². The smallest absolute Gasteiger partial charge is 0.406 e. The SMILES string of the molecule is Cc1cccc(N2CCN(S(=O)(=O)c3ccc(OC(F)(F)F)cc3)C[C@@H]2C)c1. The number of piperazine rings is 1. The van der Waals surface area contributed by atoms with E-state index in [2.05, 4.69) is 15.7 Å². The molecule has 0 bridgehead atoms. The minimum absolute atomic E-state index is 0.0434. The van der Waals surface area contributed by atoms with E-state index in [1.165, 1.54) is 4.31 Å². The number of nitrogens with zero attached hydrogens (tertiary/aromatic N) is 2. The highest BCUT2D eigenvalue weighted by molar-refractivity contribution is 7.89. The van der Waals surface area contributed by atoms with Gasteiger partial charge >= 0.3 is 6.36 Å². The quantitative estimate of drug-likeness (QED) is 0.764. The summed E-state index contributed by atoms with van der Waals surface area (Å²) in [5.41, 5.74) is 2.17. The Morgan fingerprint density at radius 2 is 1.75 bits per heavy atom. The predicted octanol–water partition coefficient (Wildman–Crippen LogP) is 3.79. The lowest BCUT2D eigenvalue weighted by atomic mass is 10.1. The van der Waals surface area contributed by atoms with Crippen LogP contribution in [0.2, 0.25) is 0 Å². The summed E-state index contributed by atoms with van der Waals surface area (Å²) in [6.07, 6.45) is -4.82. The molecule has 9 heteroatoms. The van der Waals surface area contributed by atoms with E-state index in [9.17, 15) is 21.6 Å². The molecule has 5 nitrogen and oxygen atoms in total. The largest absolute Gasteiger partial charge is 0.573 e. The van der Waals surface area contributed by atoms with Gasteiger partial charge in [-0.3, -0.25) is 0 Å². The van der Waals surface area contributed by atoms with Gasteiger partial charge in [0, 0.05) is 31.4 Å². The summed E-state index contributed by atoms with van der Waals surface area (Å²) < 4.78 is 67.7. The molecule has 1 heterocycles. The molecule has 152 valence electrons. The summed E-state index contributed by atoms with van der Waals surface area (Å²) in [6.45, 7) is 5.06. The monoisotopic (exact) mass is 414 g/mol. The normalized spacial score (nSPS) is 18.9. The lowest BCUT2D eigenvalue weighted by Gasteiger charge is -2.40. The van der Waals surface area contributed by atoms with E-state index in [4.69, 9.17) is 0 Å². The molecule has 1 aliphatic rings. The van der Waals surface area contributed by atoms with E-state index in [1.54, 1.807) is 0 Å². The van der Waals surface area contributed by atoms with Gasteiger partial charge in [0.2, 0.25) is 10.0 Å². The second-order valence-corrected chi connectivity index (χ2v) is 8.70. The van der Waals surface area contributed by atoms with E-state index in [0.717, 1.165) is 35.5 Å². The number of benzene rings is 2. The van der Waals surface area contributed by atoms with Crippen molar-refractivity contribution in [3.05, 3.63) is 54.1 Å². The topological polar surface area (TPSA) is 49.9 Å². The Kier molecular flexibility index (Phi) is 5.58. The minimum atomic E-state index is -4.82. The van der Waals surface area contributed by atoms with Crippen molar-refractivity contribution in [3.63, 3.8) is 0 Å². The number of sulfonamides is 1. The van der Waals surface area contributed by atoms with Gasteiger partial charge in [-0.05, 0) is 55.8 Å². The average molecular weight is 414 g/mol. The third-order valence-corrected chi connectivity index (χ3v) is 6.50. The standard InChI is InChI=1S/C19H21F3N2O3S/c1-14-4-3-5-16(12-14)24-11-10-23(13-15(24)2)28(25,26)18-8-6-17(7-9-18)27-19(20,21)22/h3-9,12,15H,10-11,13H2,1-2H3/t15-/m0/s1. The van der Waals surface area contributed by atoms with Crippen molar-refractivity contribution in [2.24, 2.45) is 0 Å². The number of halogens is 3. The molecule has 2 aromatic rings. The average Bonchev–Trinajstić information content (AvgIpc) is 2.60. The highest BCUT2D eigenvalue weighted by atomic mass is 32.2. The van der Waals surface area contributed by atoms with Crippen LogP contribution < -0.4 is 9.64 Å². The minimum Gasteiger partial charge on any atom is -0.406 e. The highest BCUT2D eigenvalue weighted by Crippen LogP contribution is 2.27. The van der Waals surface area contributed by atoms with Crippen LogP contribution in [0.4, 0.5) is 18.9 Å². The Morgan fingerprint density at radius 3 is 2.32 bits per heavy atom. The van der Waals surface area contributed by atoms with Crippen molar-refractivity contribution in [2.75, 3.05) is 24.5 Å². The fraction of sp³-hybridized carbons (Fsp3) is 0.368. The first-order valence-electron chi connectivity index (χ1n) is 8.75. The van der Waals surface area contributed by atoms with Crippen LogP contribution in [-0.2, 0) is 10.0 Å². The number of hydrogen-bond acceptors (Lipinski definition) is 4. The van der Waals surface area contributed by atoms with E-state index >= 15 is 0 Å². The summed E-state index contributed by atoms with van der Waals surface area (Å²) in [4.78, 5) is 2.09. The van der Waals surface area contributed by atoms with Crippen LogP contribution in [0.3, 0.4) is 0 Å². The zero-order chi connectivity index (χ0) is 20.5. The lowest BCUT2D eigenvalue weighted by molar-refractivity contribution is -0.274. The fourth-order valence-electron chi connectivity index (χ4n) is 3.30. The summed E-state index contributed by atoms with van der Waals surface area (Å²) in [7, 11) is -3.80. The number of anilines is 1. The maximum Gasteiger partial charge on any atom is 0.573 e. The van der Waals surface area contributed by atoms with Crippen molar-refractivity contribution in [3.8, 4) is 5.75 Å². The van der Waals surface area contributed by atoms with E-state index < -0.39 is 22.1 Å². The van der Waals surface area contributed by atoms with Crippen LogP contribution in [0.5, 0.6) is 5.75 Å². The number of hydrogen-bond donors (Lipinski definition) is 0. The molecule has 1 saturated heterocycles. The molecule has 2 aromatic carbocycles. The van der Waals surface area contributed by atoms with Crippen LogP contribution in [0.1, 0.15) is 12.5 Å². The number of alkyl halides is 3. The summed E-state index contributed by atoms with van der Waals surface area (Å²) in [6, 6.07) is 12.2. The van der Waals surface area contributed by atoms with Crippen molar-refractivity contribution in [1.82, 2.24) is 4.31 Å². The van der Waals surface area contributed by atoms with Gasteiger partial charge in [-0.2, -0.15) is 4.31 Å². The molecule has 28 heavy (non-hydrogen) atoms. The zero-order valence-electron chi connectivity index (χ0n) is 15.5. The molecule has 0 unspecified atom stereocenters. The Balaban J connectivity index is 1.73. The van der Waals surface area contributed by atoms with E-state index in [-0.39, 0.29) is 17.5 Å². The van der Waals surface area contributed by atoms with Gasteiger partial charge < -0.3 is 9.64 Å². The summed E-state index contributed by atoms with van der Waals surface area (Å²) in [5.74, 6) is -0.455. The highest BCUT2D eigenvalue weighted by Gasteiger charge is 2.33. The molecule has 1 fully saturated rings.